The van der Waals surface area contributed by atoms with Crippen LogP contribution in [0.4, 0.5) is 0 Å². The molecule has 0 aliphatic heterocycles. The standard InChI is InChI=1S/C30H44N6O6/c1-4-5-10-23(31-2)17-36(21-28(40)34(3)20-26(38)29(41)30(42)27(39)22-37)16-15-35(18-24-11-6-8-13-32-24)19-25-12-7-9-14-33-25/h4-14,26-27,29-30,37-39,41-42H,1,15-22H2,2-3H3/b10-5-,31-23?. The average Bonchev–Trinajstić information content (AvgIpc) is 3.01. The highest BCUT2D eigenvalue weighted by Crippen LogP contribution is 2.09. The van der Waals surface area contributed by atoms with Crippen molar-refractivity contribution < 1.29 is 30.3 Å². The number of nitrogens with zero attached hydrogens (tertiary/aromatic N) is 6. The first-order chi connectivity index (χ1) is 20.2. The molecule has 0 aliphatic rings. The van der Waals surface area contributed by atoms with Crippen LogP contribution < -0.4 is 0 Å². The molecule has 0 radical (unpaired) electrons. The van der Waals surface area contributed by atoms with E-state index in [4.69, 9.17) is 5.11 Å². The quantitative estimate of drug-likeness (QED) is 0.107. The minimum absolute atomic E-state index is 0.0108. The topological polar surface area (TPSA) is 166 Å². The van der Waals surface area contributed by atoms with Gasteiger partial charge in [0, 0.05) is 71.5 Å². The van der Waals surface area contributed by atoms with Crippen LogP contribution in [0.3, 0.4) is 0 Å². The summed E-state index contributed by atoms with van der Waals surface area (Å²) in [5.74, 6) is -0.331. The van der Waals surface area contributed by atoms with Gasteiger partial charge >= 0.3 is 0 Å². The third-order valence-electron chi connectivity index (χ3n) is 6.62. The van der Waals surface area contributed by atoms with E-state index in [0.717, 1.165) is 17.1 Å². The number of hydrogen-bond acceptors (Lipinski definition) is 11. The highest BCUT2D eigenvalue weighted by atomic mass is 16.4. The number of likely N-dealkylation sites (N-methyl/N-ethyl adjacent to an activating group) is 1. The number of carbonyl (C=O) groups is 1. The Bertz CT molecular complexity index is 1080. The molecule has 0 aromatic carbocycles. The van der Waals surface area contributed by atoms with E-state index in [-0.39, 0.29) is 19.0 Å². The van der Waals surface area contributed by atoms with Crippen LogP contribution in [0, 0.1) is 0 Å². The van der Waals surface area contributed by atoms with Crippen molar-refractivity contribution in [2.45, 2.75) is 37.5 Å². The number of carbonyl (C=O) groups excluding carboxylic acids is 1. The van der Waals surface area contributed by atoms with E-state index in [1.165, 1.54) is 11.9 Å². The fourth-order valence-corrected chi connectivity index (χ4v) is 4.12. The van der Waals surface area contributed by atoms with E-state index in [2.05, 4.69) is 26.4 Å². The van der Waals surface area contributed by atoms with Crippen LogP contribution in [0.5, 0.6) is 0 Å². The van der Waals surface area contributed by atoms with E-state index in [0.29, 0.717) is 32.7 Å². The van der Waals surface area contributed by atoms with E-state index >= 15 is 0 Å². The SMILES string of the molecule is C=C/C=C\C(CN(CCN(Cc1ccccn1)Cc1ccccn1)CC(=O)N(C)CC(O)C(O)C(O)C(O)CO)=NC. The third kappa shape index (κ3) is 12.2. The maximum Gasteiger partial charge on any atom is 0.236 e. The number of aromatic nitrogens is 2. The molecule has 12 nitrogen and oxygen atoms in total. The van der Waals surface area contributed by atoms with Gasteiger partial charge < -0.3 is 30.4 Å². The molecule has 2 rings (SSSR count). The number of aliphatic imine (C=N–C) groups is 1. The second-order valence-electron chi connectivity index (χ2n) is 9.95. The fourth-order valence-electron chi connectivity index (χ4n) is 4.12. The van der Waals surface area contributed by atoms with Gasteiger partial charge in [-0.15, -0.1) is 0 Å². The fraction of sp³-hybridized carbons (Fsp3) is 0.467. The second-order valence-corrected chi connectivity index (χ2v) is 9.95. The number of hydrogen-bond donors (Lipinski definition) is 5. The molecule has 4 unspecified atom stereocenters. The summed E-state index contributed by atoms with van der Waals surface area (Å²) in [5, 5.41) is 49.0. The lowest BCUT2D eigenvalue weighted by Crippen LogP contribution is -2.51. The van der Waals surface area contributed by atoms with E-state index in [1.807, 2.05) is 47.4 Å². The predicted molar refractivity (Wildman–Crippen MR) is 160 cm³/mol. The maximum absolute atomic E-state index is 13.2. The zero-order valence-electron chi connectivity index (χ0n) is 24.4. The Hall–Kier alpha value is -3.36. The molecule has 4 atom stereocenters. The molecule has 0 spiro atoms. The lowest BCUT2D eigenvalue weighted by molar-refractivity contribution is -0.138. The first-order valence-electron chi connectivity index (χ1n) is 13.7. The van der Waals surface area contributed by atoms with Gasteiger partial charge in [-0.2, -0.15) is 0 Å². The van der Waals surface area contributed by atoms with Crippen molar-refractivity contribution in [3.05, 3.63) is 85.0 Å². The zero-order valence-corrected chi connectivity index (χ0v) is 24.4. The van der Waals surface area contributed by atoms with Gasteiger partial charge in [-0.3, -0.25) is 29.6 Å². The number of aliphatic hydroxyl groups is 5. The van der Waals surface area contributed by atoms with Gasteiger partial charge in [-0.05, 0) is 30.3 Å². The minimum atomic E-state index is -1.77. The highest BCUT2D eigenvalue weighted by Gasteiger charge is 2.31. The van der Waals surface area contributed by atoms with E-state index in [1.54, 1.807) is 31.6 Å². The van der Waals surface area contributed by atoms with Crippen LogP contribution in [0.25, 0.3) is 0 Å². The van der Waals surface area contributed by atoms with Crippen LogP contribution in [-0.2, 0) is 17.9 Å². The molecule has 0 saturated heterocycles. The molecule has 230 valence electrons. The Morgan fingerprint density at radius 2 is 1.50 bits per heavy atom. The third-order valence-corrected chi connectivity index (χ3v) is 6.62. The monoisotopic (exact) mass is 584 g/mol. The molecule has 0 saturated carbocycles. The van der Waals surface area contributed by atoms with Gasteiger partial charge in [-0.25, -0.2) is 0 Å². The summed E-state index contributed by atoms with van der Waals surface area (Å²) in [6, 6.07) is 11.5. The zero-order chi connectivity index (χ0) is 30.9. The van der Waals surface area contributed by atoms with Crippen molar-refractivity contribution in [3.63, 3.8) is 0 Å². The normalized spacial score (nSPS) is 15.1. The molecule has 0 fully saturated rings. The summed E-state index contributed by atoms with van der Waals surface area (Å²) >= 11 is 0. The summed E-state index contributed by atoms with van der Waals surface area (Å²) in [4.78, 5) is 31.8. The van der Waals surface area contributed by atoms with Crippen molar-refractivity contribution in [1.29, 1.82) is 0 Å². The first-order valence-corrected chi connectivity index (χ1v) is 13.7. The van der Waals surface area contributed by atoms with Gasteiger partial charge in [0.05, 0.1) is 24.5 Å². The highest BCUT2D eigenvalue weighted by molar-refractivity contribution is 5.97. The number of aliphatic hydroxyl groups excluding tert-OH is 5. The summed E-state index contributed by atoms with van der Waals surface area (Å²) in [6.45, 7) is 5.22. The van der Waals surface area contributed by atoms with Gasteiger partial charge in [-0.1, -0.05) is 30.9 Å². The Kier molecular flexibility index (Phi) is 15.7. The molecule has 1 amide bonds. The van der Waals surface area contributed by atoms with Crippen molar-refractivity contribution in [1.82, 2.24) is 24.7 Å². The van der Waals surface area contributed by atoms with Gasteiger partial charge in [0.2, 0.25) is 5.91 Å². The average molecular weight is 585 g/mol. The van der Waals surface area contributed by atoms with Crippen LogP contribution >= 0.6 is 0 Å². The van der Waals surface area contributed by atoms with Gasteiger partial charge in [0.25, 0.3) is 0 Å². The Morgan fingerprint density at radius 3 is 2.00 bits per heavy atom. The van der Waals surface area contributed by atoms with E-state index in [9.17, 15) is 25.2 Å². The number of allylic oxidation sites excluding steroid dienone is 2. The first kappa shape index (κ1) is 34.8. The molecule has 2 aromatic rings. The Labute approximate surface area is 247 Å². The molecule has 0 bridgehead atoms. The second kappa shape index (κ2) is 18.9. The molecule has 5 N–H and O–H groups in total. The summed E-state index contributed by atoms with van der Waals surface area (Å²) in [7, 11) is 3.15. The maximum atomic E-state index is 13.2. The molecule has 12 heteroatoms. The predicted octanol–water partition coefficient (Wildman–Crippen LogP) is -0.512. The largest absolute Gasteiger partial charge is 0.394 e. The molecular weight excluding hydrogens is 540 g/mol. The van der Waals surface area contributed by atoms with Crippen molar-refractivity contribution in [3.8, 4) is 0 Å². The van der Waals surface area contributed by atoms with Crippen molar-refractivity contribution >= 4 is 11.6 Å². The van der Waals surface area contributed by atoms with Crippen LogP contribution in [0.1, 0.15) is 11.4 Å². The number of rotatable bonds is 19. The van der Waals surface area contributed by atoms with Gasteiger partial charge in [0.15, 0.2) is 0 Å². The van der Waals surface area contributed by atoms with Gasteiger partial charge in [0.1, 0.15) is 24.4 Å². The summed E-state index contributed by atoms with van der Waals surface area (Å²) < 4.78 is 0. The van der Waals surface area contributed by atoms with Crippen LogP contribution in [-0.4, -0.2) is 140 Å². The molecular formula is C30H44N6O6. The van der Waals surface area contributed by atoms with Crippen molar-refractivity contribution in [2.24, 2.45) is 4.99 Å². The molecule has 42 heavy (non-hydrogen) atoms. The number of pyridine rings is 2. The van der Waals surface area contributed by atoms with Crippen LogP contribution in [0.15, 0.2) is 78.6 Å². The number of amides is 1. The molecule has 2 aromatic heterocycles. The Balaban J connectivity index is 2.16. The lowest BCUT2D eigenvalue weighted by Gasteiger charge is -2.31. The summed E-state index contributed by atoms with van der Waals surface area (Å²) in [6.07, 6.45) is 2.04. The van der Waals surface area contributed by atoms with Crippen LogP contribution in [0.2, 0.25) is 0 Å². The molecule has 2 heterocycles. The smallest absolute Gasteiger partial charge is 0.236 e. The summed E-state index contributed by atoms with van der Waals surface area (Å²) in [5.41, 5.74) is 2.55. The Morgan fingerprint density at radius 1 is 0.929 bits per heavy atom. The minimum Gasteiger partial charge on any atom is -0.394 e. The van der Waals surface area contributed by atoms with Crippen molar-refractivity contribution in [2.75, 3.05) is 53.4 Å². The lowest BCUT2D eigenvalue weighted by atomic mass is 10.0. The molecule has 0 aliphatic carbocycles. The van der Waals surface area contributed by atoms with E-state index < -0.39 is 31.0 Å².